The van der Waals surface area contributed by atoms with Crippen LogP contribution in [0.2, 0.25) is 0 Å². The van der Waals surface area contributed by atoms with Crippen LogP contribution in [0.5, 0.6) is 0 Å². The van der Waals surface area contributed by atoms with Crippen molar-refractivity contribution < 1.29 is 13.0 Å². The van der Waals surface area contributed by atoms with E-state index in [1.807, 2.05) is 73.0 Å². The summed E-state index contributed by atoms with van der Waals surface area (Å²) < 4.78 is 35.0. The summed E-state index contributed by atoms with van der Waals surface area (Å²) in [7, 11) is -4.31. The number of benzene rings is 3. The summed E-state index contributed by atoms with van der Waals surface area (Å²) in [4.78, 5) is 5.02. The van der Waals surface area contributed by atoms with Gasteiger partial charge in [-0.15, -0.1) is 10.2 Å². The van der Waals surface area contributed by atoms with E-state index in [2.05, 4.69) is 10.2 Å². The Balaban J connectivity index is 1.72. The van der Waals surface area contributed by atoms with Gasteiger partial charge in [-0.05, 0) is 43.2 Å². The van der Waals surface area contributed by atoms with Crippen molar-refractivity contribution >= 4 is 15.8 Å². The van der Waals surface area contributed by atoms with E-state index in [-0.39, 0.29) is 4.90 Å². The van der Waals surface area contributed by atoms with E-state index in [4.69, 9.17) is 4.99 Å². The van der Waals surface area contributed by atoms with Gasteiger partial charge in [0, 0.05) is 17.5 Å². The van der Waals surface area contributed by atoms with Crippen molar-refractivity contribution in [1.29, 1.82) is 0 Å². The standard InChI is InChI=1S/C25H22N4O3S/c1-16-12-13-20(33(30,31)32)14-19(16)15-22-25-28-27-17(2)29(25)23-11-7-6-10-21(23)24(26-22)18-8-4-3-5-9-18/h3-14,22H,15H2,1-2H3,(H,30,31,32). The van der Waals surface area contributed by atoms with Gasteiger partial charge in [0.15, 0.2) is 5.82 Å². The number of hydrogen-bond acceptors (Lipinski definition) is 5. The van der Waals surface area contributed by atoms with E-state index in [1.165, 1.54) is 12.1 Å². The van der Waals surface area contributed by atoms with Crippen LogP contribution in [0, 0.1) is 13.8 Å². The van der Waals surface area contributed by atoms with Crippen LogP contribution in [-0.2, 0) is 16.5 Å². The average Bonchev–Trinajstić information content (AvgIpc) is 3.12. The first kappa shape index (κ1) is 21.2. The van der Waals surface area contributed by atoms with E-state index in [9.17, 15) is 13.0 Å². The lowest BCUT2D eigenvalue weighted by Crippen LogP contribution is -2.10. The van der Waals surface area contributed by atoms with E-state index in [0.717, 1.165) is 39.5 Å². The third-order valence-electron chi connectivity index (χ3n) is 5.91. The van der Waals surface area contributed by atoms with Crippen LogP contribution in [0.3, 0.4) is 0 Å². The van der Waals surface area contributed by atoms with Gasteiger partial charge in [-0.1, -0.05) is 54.6 Å². The summed E-state index contributed by atoms with van der Waals surface area (Å²) in [6.07, 6.45) is 0.400. The predicted molar refractivity (Wildman–Crippen MR) is 126 cm³/mol. The van der Waals surface area contributed by atoms with Gasteiger partial charge in [-0.2, -0.15) is 8.42 Å². The molecule has 1 aromatic heterocycles. The first-order valence-corrected chi connectivity index (χ1v) is 12.0. The molecule has 2 heterocycles. The van der Waals surface area contributed by atoms with E-state index in [0.29, 0.717) is 12.2 Å². The lowest BCUT2D eigenvalue weighted by atomic mass is 9.99. The number of para-hydroxylation sites is 1. The quantitative estimate of drug-likeness (QED) is 0.461. The summed E-state index contributed by atoms with van der Waals surface area (Å²) in [5, 5.41) is 8.78. The molecule has 4 aromatic rings. The van der Waals surface area contributed by atoms with E-state index < -0.39 is 16.2 Å². The molecule has 0 aliphatic carbocycles. The van der Waals surface area contributed by atoms with Gasteiger partial charge < -0.3 is 0 Å². The van der Waals surface area contributed by atoms with Gasteiger partial charge in [0.2, 0.25) is 0 Å². The molecule has 166 valence electrons. The molecule has 33 heavy (non-hydrogen) atoms. The third-order valence-corrected chi connectivity index (χ3v) is 6.76. The maximum absolute atomic E-state index is 11.7. The molecule has 1 aliphatic heterocycles. The average molecular weight is 459 g/mol. The number of rotatable bonds is 4. The SMILES string of the molecule is Cc1ccc(S(=O)(=O)O)cc1CC1N=C(c2ccccc2)c2ccccc2-n2c(C)nnc21. The molecule has 0 saturated heterocycles. The minimum Gasteiger partial charge on any atom is -0.282 e. The summed E-state index contributed by atoms with van der Waals surface area (Å²) in [5.41, 5.74) is 5.41. The Morgan fingerprint density at radius 3 is 2.42 bits per heavy atom. The van der Waals surface area contributed by atoms with Gasteiger partial charge in [0.1, 0.15) is 11.9 Å². The van der Waals surface area contributed by atoms with Gasteiger partial charge >= 0.3 is 0 Å². The van der Waals surface area contributed by atoms with E-state index in [1.54, 1.807) is 6.07 Å². The molecule has 1 N–H and O–H groups in total. The van der Waals surface area contributed by atoms with Crippen molar-refractivity contribution in [2.75, 3.05) is 0 Å². The minimum absolute atomic E-state index is 0.134. The Bertz CT molecular complexity index is 1490. The fraction of sp³-hybridized carbons (Fsp3) is 0.160. The molecule has 3 aromatic carbocycles. The maximum Gasteiger partial charge on any atom is 0.294 e. The predicted octanol–water partition coefficient (Wildman–Crippen LogP) is 4.27. The summed E-state index contributed by atoms with van der Waals surface area (Å²) >= 11 is 0. The summed E-state index contributed by atoms with van der Waals surface area (Å²) in [6.45, 7) is 3.81. The lowest BCUT2D eigenvalue weighted by molar-refractivity contribution is 0.483. The van der Waals surface area contributed by atoms with Crippen LogP contribution < -0.4 is 0 Å². The second-order valence-electron chi connectivity index (χ2n) is 8.08. The van der Waals surface area contributed by atoms with Crippen molar-refractivity contribution in [2.24, 2.45) is 4.99 Å². The van der Waals surface area contributed by atoms with Crippen molar-refractivity contribution in [3.05, 3.63) is 107 Å². The Morgan fingerprint density at radius 1 is 0.939 bits per heavy atom. The minimum atomic E-state index is -4.31. The molecule has 0 amide bonds. The van der Waals surface area contributed by atoms with Crippen LogP contribution in [0.15, 0.2) is 82.7 Å². The highest BCUT2D eigenvalue weighted by Crippen LogP contribution is 2.33. The summed E-state index contributed by atoms with van der Waals surface area (Å²) in [5.74, 6) is 1.43. The molecular formula is C25H22N4O3S. The molecular weight excluding hydrogens is 436 g/mol. The molecule has 0 spiro atoms. The van der Waals surface area contributed by atoms with Crippen LogP contribution in [-0.4, -0.2) is 33.4 Å². The Labute approximate surface area is 192 Å². The van der Waals surface area contributed by atoms with E-state index >= 15 is 0 Å². The van der Waals surface area contributed by atoms with Crippen molar-refractivity contribution in [3.8, 4) is 5.69 Å². The Morgan fingerprint density at radius 2 is 1.67 bits per heavy atom. The molecule has 7 nitrogen and oxygen atoms in total. The molecule has 5 rings (SSSR count). The second kappa shape index (κ2) is 8.06. The van der Waals surface area contributed by atoms with Crippen molar-refractivity contribution in [3.63, 3.8) is 0 Å². The van der Waals surface area contributed by atoms with Crippen LogP contribution in [0.25, 0.3) is 5.69 Å². The van der Waals surface area contributed by atoms with Crippen molar-refractivity contribution in [1.82, 2.24) is 14.8 Å². The molecule has 0 fully saturated rings. The molecule has 1 aliphatic rings. The maximum atomic E-state index is 11.7. The van der Waals surface area contributed by atoms with Crippen molar-refractivity contribution in [2.45, 2.75) is 31.2 Å². The number of aryl methyl sites for hydroxylation is 2. The number of nitrogens with zero attached hydrogens (tertiary/aromatic N) is 4. The molecule has 1 atom stereocenters. The summed E-state index contributed by atoms with van der Waals surface area (Å²) in [6, 6.07) is 22.2. The smallest absolute Gasteiger partial charge is 0.282 e. The second-order valence-corrected chi connectivity index (χ2v) is 9.51. The van der Waals surface area contributed by atoms with Gasteiger partial charge in [-0.3, -0.25) is 14.1 Å². The largest absolute Gasteiger partial charge is 0.294 e. The Hall–Kier alpha value is -3.62. The van der Waals surface area contributed by atoms with Gasteiger partial charge in [0.05, 0.1) is 16.3 Å². The number of aromatic nitrogens is 3. The monoisotopic (exact) mass is 458 g/mol. The fourth-order valence-corrected chi connectivity index (χ4v) is 4.77. The first-order chi connectivity index (χ1) is 15.8. The van der Waals surface area contributed by atoms with Crippen LogP contribution in [0.4, 0.5) is 0 Å². The zero-order chi connectivity index (χ0) is 23.2. The highest BCUT2D eigenvalue weighted by molar-refractivity contribution is 7.85. The fourth-order valence-electron chi connectivity index (χ4n) is 4.24. The third kappa shape index (κ3) is 3.88. The number of hydrogen-bond donors (Lipinski definition) is 1. The highest BCUT2D eigenvalue weighted by Gasteiger charge is 2.28. The first-order valence-electron chi connectivity index (χ1n) is 10.5. The lowest BCUT2D eigenvalue weighted by Gasteiger charge is -2.15. The van der Waals surface area contributed by atoms with Crippen LogP contribution in [0.1, 0.15) is 39.9 Å². The number of aliphatic imine (C=N–C) groups is 1. The highest BCUT2D eigenvalue weighted by atomic mass is 32.2. The number of fused-ring (bicyclic) bond motifs is 3. The van der Waals surface area contributed by atoms with Gasteiger partial charge in [-0.25, -0.2) is 0 Å². The van der Waals surface area contributed by atoms with Crippen LogP contribution >= 0.6 is 0 Å². The van der Waals surface area contributed by atoms with Gasteiger partial charge in [0.25, 0.3) is 10.1 Å². The molecule has 8 heteroatoms. The molecule has 1 unspecified atom stereocenters. The molecule has 0 bridgehead atoms. The zero-order valence-electron chi connectivity index (χ0n) is 18.2. The molecule has 0 radical (unpaired) electrons. The topological polar surface area (TPSA) is 97.4 Å². The normalized spacial score (nSPS) is 15.4. The zero-order valence-corrected chi connectivity index (χ0v) is 19.0. The Kier molecular flexibility index (Phi) is 5.19. The molecule has 0 saturated carbocycles.